The van der Waals surface area contributed by atoms with Crippen molar-refractivity contribution in [3.63, 3.8) is 0 Å². The summed E-state index contributed by atoms with van der Waals surface area (Å²) < 4.78 is 42.5. The second kappa shape index (κ2) is 6.80. The molecule has 1 aromatic carbocycles. The molecule has 0 bridgehead atoms. The number of hydrogen-bond acceptors (Lipinski definition) is 4. The molecular weight excluding hydrogens is 313 g/mol. The highest BCUT2D eigenvalue weighted by molar-refractivity contribution is 6.08. The number of nitrogens with zero attached hydrogens (tertiary/aromatic N) is 1. The van der Waals surface area contributed by atoms with Crippen molar-refractivity contribution in [2.75, 3.05) is 7.11 Å². The van der Waals surface area contributed by atoms with Crippen LogP contribution in [0.1, 0.15) is 29.6 Å². The molecule has 1 fully saturated rings. The van der Waals surface area contributed by atoms with Crippen LogP contribution >= 0.6 is 0 Å². The predicted octanol–water partition coefficient (Wildman–Crippen LogP) is 2.71. The van der Waals surface area contributed by atoms with Gasteiger partial charge in [-0.25, -0.2) is 5.43 Å². The molecule has 23 heavy (non-hydrogen) atoms. The summed E-state index contributed by atoms with van der Waals surface area (Å²) in [4.78, 5) is 23.3. The Balaban J connectivity index is 2.09. The van der Waals surface area contributed by atoms with E-state index in [1.807, 2.05) is 0 Å². The van der Waals surface area contributed by atoms with Crippen molar-refractivity contribution in [1.29, 1.82) is 0 Å². The van der Waals surface area contributed by atoms with Crippen LogP contribution in [0.5, 0.6) is 5.75 Å². The van der Waals surface area contributed by atoms with Gasteiger partial charge in [0, 0.05) is 11.3 Å². The molecular formula is C15H15F3N2O3. The summed E-state index contributed by atoms with van der Waals surface area (Å²) in [5.41, 5.74) is 2.52. The maximum absolute atomic E-state index is 12.5. The lowest BCUT2D eigenvalue weighted by molar-refractivity contribution is -0.173. The first-order valence-corrected chi connectivity index (χ1v) is 6.95. The zero-order valence-electron chi connectivity index (χ0n) is 12.3. The van der Waals surface area contributed by atoms with Gasteiger partial charge in [-0.2, -0.15) is 18.3 Å². The summed E-state index contributed by atoms with van der Waals surface area (Å²) in [6.45, 7) is 0. The summed E-state index contributed by atoms with van der Waals surface area (Å²) >= 11 is 0. The standard InChI is InChI=1S/C15H15F3N2O3/c1-23-10-5-2-4-9(8-10)14(22)20-19-12-7-3-6-11(12)13(21)15(16,17)18/h2,4-5,8,11H,3,6-7H2,1H3,(H,20,22)/b19-12-. The van der Waals surface area contributed by atoms with Gasteiger partial charge in [0.1, 0.15) is 5.75 Å². The normalized spacial score (nSPS) is 19.7. The molecule has 1 unspecified atom stereocenters. The molecule has 0 spiro atoms. The quantitative estimate of drug-likeness (QED) is 0.864. The molecule has 0 aromatic heterocycles. The number of carbonyl (C=O) groups is 2. The van der Waals surface area contributed by atoms with Crippen LogP contribution in [0, 0.1) is 5.92 Å². The molecule has 1 N–H and O–H groups in total. The minimum Gasteiger partial charge on any atom is -0.497 e. The van der Waals surface area contributed by atoms with Gasteiger partial charge in [-0.3, -0.25) is 9.59 Å². The minimum atomic E-state index is -4.90. The Kier molecular flexibility index (Phi) is 5.02. The first-order valence-electron chi connectivity index (χ1n) is 6.95. The number of rotatable bonds is 4. The maximum Gasteiger partial charge on any atom is 0.450 e. The van der Waals surface area contributed by atoms with Gasteiger partial charge >= 0.3 is 6.18 Å². The molecule has 2 rings (SSSR count). The molecule has 1 aromatic rings. The largest absolute Gasteiger partial charge is 0.497 e. The number of halogens is 3. The average molecular weight is 328 g/mol. The van der Waals surface area contributed by atoms with Gasteiger partial charge in [-0.1, -0.05) is 6.07 Å². The average Bonchev–Trinajstić information content (AvgIpc) is 2.99. The third kappa shape index (κ3) is 4.08. The molecule has 0 aliphatic heterocycles. The highest BCUT2D eigenvalue weighted by atomic mass is 19.4. The molecule has 0 saturated heterocycles. The van der Waals surface area contributed by atoms with Crippen molar-refractivity contribution >= 4 is 17.4 Å². The van der Waals surface area contributed by atoms with Gasteiger partial charge in [0.2, 0.25) is 5.78 Å². The third-order valence-corrected chi connectivity index (χ3v) is 3.56. The molecule has 124 valence electrons. The van der Waals surface area contributed by atoms with E-state index in [2.05, 4.69) is 10.5 Å². The van der Waals surface area contributed by atoms with E-state index in [9.17, 15) is 22.8 Å². The summed E-state index contributed by atoms with van der Waals surface area (Å²) in [5, 5.41) is 3.73. The number of methoxy groups -OCH3 is 1. The van der Waals surface area contributed by atoms with Gasteiger partial charge in [0.05, 0.1) is 13.0 Å². The molecule has 1 saturated carbocycles. The lowest BCUT2D eigenvalue weighted by atomic mass is 10.0. The Hall–Kier alpha value is -2.38. The maximum atomic E-state index is 12.5. The summed E-state index contributed by atoms with van der Waals surface area (Å²) in [6.07, 6.45) is -4.12. The lowest BCUT2D eigenvalue weighted by Gasteiger charge is -2.12. The van der Waals surface area contributed by atoms with Crippen LogP contribution in [0.3, 0.4) is 0 Å². The number of Topliss-reactive ketones (excluding diaryl/α,β-unsaturated/α-hetero) is 1. The summed E-state index contributed by atoms with van der Waals surface area (Å²) in [6, 6.07) is 6.25. The van der Waals surface area contributed by atoms with Crippen molar-refractivity contribution in [3.05, 3.63) is 29.8 Å². The Morgan fingerprint density at radius 2 is 2.09 bits per heavy atom. The van der Waals surface area contributed by atoms with E-state index in [-0.39, 0.29) is 24.1 Å². The number of hydrogen-bond donors (Lipinski definition) is 1. The van der Waals surface area contributed by atoms with Gasteiger partial charge in [0.15, 0.2) is 0 Å². The molecule has 5 nitrogen and oxygen atoms in total. The number of benzene rings is 1. The van der Waals surface area contributed by atoms with E-state index in [0.717, 1.165) is 0 Å². The van der Waals surface area contributed by atoms with Crippen LogP contribution in [0.25, 0.3) is 0 Å². The third-order valence-electron chi connectivity index (χ3n) is 3.56. The SMILES string of the molecule is COc1cccc(C(=O)N/N=C2/CCCC2C(=O)C(F)(F)F)c1. The van der Waals surface area contributed by atoms with Crippen molar-refractivity contribution in [2.24, 2.45) is 11.0 Å². The van der Waals surface area contributed by atoms with E-state index < -0.39 is 23.8 Å². The smallest absolute Gasteiger partial charge is 0.450 e. The Labute approximate surface area is 130 Å². The zero-order chi connectivity index (χ0) is 17.0. The fourth-order valence-corrected chi connectivity index (χ4v) is 2.39. The topological polar surface area (TPSA) is 67.8 Å². The first kappa shape index (κ1) is 17.0. The summed E-state index contributed by atoms with van der Waals surface area (Å²) in [7, 11) is 1.45. The number of amides is 1. The fraction of sp³-hybridized carbons (Fsp3) is 0.400. The Bertz CT molecular complexity index is 641. The van der Waals surface area contributed by atoms with Crippen LogP contribution in [0.2, 0.25) is 0 Å². The van der Waals surface area contributed by atoms with Crippen LogP contribution in [-0.4, -0.2) is 30.7 Å². The number of ether oxygens (including phenoxy) is 1. The second-order valence-corrected chi connectivity index (χ2v) is 5.08. The van der Waals surface area contributed by atoms with Gasteiger partial charge in [-0.05, 0) is 37.5 Å². The van der Waals surface area contributed by atoms with E-state index in [4.69, 9.17) is 4.74 Å². The minimum absolute atomic E-state index is 0.0589. The molecule has 1 aliphatic carbocycles. The van der Waals surface area contributed by atoms with Crippen LogP contribution in [0.4, 0.5) is 13.2 Å². The predicted molar refractivity (Wildman–Crippen MR) is 76.3 cm³/mol. The number of carbonyl (C=O) groups excluding carboxylic acids is 2. The van der Waals surface area contributed by atoms with Crippen molar-refractivity contribution in [1.82, 2.24) is 5.43 Å². The molecule has 1 atom stereocenters. The van der Waals surface area contributed by atoms with Crippen molar-refractivity contribution in [2.45, 2.75) is 25.4 Å². The Morgan fingerprint density at radius 1 is 1.35 bits per heavy atom. The second-order valence-electron chi connectivity index (χ2n) is 5.08. The molecule has 0 radical (unpaired) electrons. The van der Waals surface area contributed by atoms with E-state index in [1.54, 1.807) is 12.1 Å². The number of nitrogens with one attached hydrogen (secondary N) is 1. The number of ketones is 1. The lowest BCUT2D eigenvalue weighted by Crippen LogP contribution is -2.33. The molecule has 8 heteroatoms. The first-order chi connectivity index (χ1) is 10.8. The van der Waals surface area contributed by atoms with Crippen LogP contribution < -0.4 is 10.2 Å². The van der Waals surface area contributed by atoms with Gasteiger partial charge in [-0.15, -0.1) is 0 Å². The van der Waals surface area contributed by atoms with E-state index in [0.29, 0.717) is 12.2 Å². The fourth-order valence-electron chi connectivity index (χ4n) is 2.39. The highest BCUT2D eigenvalue weighted by Gasteiger charge is 2.46. The monoisotopic (exact) mass is 328 g/mol. The summed E-state index contributed by atoms with van der Waals surface area (Å²) in [5.74, 6) is -3.23. The molecule has 1 amide bonds. The van der Waals surface area contributed by atoms with Crippen LogP contribution in [0.15, 0.2) is 29.4 Å². The molecule has 1 aliphatic rings. The van der Waals surface area contributed by atoms with E-state index in [1.165, 1.54) is 19.2 Å². The van der Waals surface area contributed by atoms with Crippen molar-refractivity contribution in [3.8, 4) is 5.75 Å². The zero-order valence-corrected chi connectivity index (χ0v) is 12.3. The number of alkyl halides is 3. The van der Waals surface area contributed by atoms with Crippen molar-refractivity contribution < 1.29 is 27.5 Å². The van der Waals surface area contributed by atoms with Crippen LogP contribution in [-0.2, 0) is 4.79 Å². The van der Waals surface area contributed by atoms with Gasteiger partial charge in [0.25, 0.3) is 5.91 Å². The van der Waals surface area contributed by atoms with E-state index >= 15 is 0 Å². The number of hydrazone groups is 1. The Morgan fingerprint density at radius 3 is 2.74 bits per heavy atom. The highest BCUT2D eigenvalue weighted by Crippen LogP contribution is 2.30. The van der Waals surface area contributed by atoms with Gasteiger partial charge < -0.3 is 4.74 Å². The molecule has 0 heterocycles.